The summed E-state index contributed by atoms with van der Waals surface area (Å²) in [7, 11) is 0. The van der Waals surface area contributed by atoms with E-state index in [1.54, 1.807) is 0 Å². The van der Waals surface area contributed by atoms with Gasteiger partial charge in [0.1, 0.15) is 0 Å². The molecule has 0 saturated heterocycles. The Morgan fingerprint density at radius 2 is 0.468 bits per heavy atom. The van der Waals surface area contributed by atoms with Crippen LogP contribution in [0.25, 0.3) is 145 Å². The van der Waals surface area contributed by atoms with Crippen molar-refractivity contribution in [1.82, 2.24) is 29.9 Å². The van der Waals surface area contributed by atoms with E-state index in [9.17, 15) is 0 Å². The van der Waals surface area contributed by atoms with Gasteiger partial charge in [-0.2, -0.15) is 0 Å². The molecule has 94 heavy (non-hydrogen) atoms. The second-order valence-corrected chi connectivity index (χ2v) is 25.1. The molecule has 0 fully saturated rings. The van der Waals surface area contributed by atoms with Gasteiger partial charge in [0, 0.05) is 56.5 Å². The van der Waals surface area contributed by atoms with Crippen molar-refractivity contribution in [2.45, 2.75) is 10.8 Å². The third-order valence-corrected chi connectivity index (χ3v) is 20.5. The zero-order valence-electron chi connectivity index (χ0n) is 50.7. The highest BCUT2D eigenvalue weighted by Crippen LogP contribution is 2.65. The third-order valence-electron chi connectivity index (χ3n) is 20.5. The molecule has 0 saturated carbocycles. The maximum Gasteiger partial charge on any atom is 0.160 e. The van der Waals surface area contributed by atoms with Gasteiger partial charge in [0.25, 0.3) is 0 Å². The van der Waals surface area contributed by atoms with Crippen LogP contribution in [-0.2, 0) is 10.8 Å². The summed E-state index contributed by atoms with van der Waals surface area (Å²) in [6.45, 7) is 0. The molecular formula is C88H52N6. The smallest absolute Gasteiger partial charge is 0.160 e. The van der Waals surface area contributed by atoms with E-state index in [2.05, 4.69) is 291 Å². The number of fused-ring (bicyclic) bond motifs is 22. The minimum atomic E-state index is -0.491. The molecule has 4 aromatic heterocycles. The molecular weight excluding hydrogens is 1140 g/mol. The van der Waals surface area contributed by atoms with E-state index in [1.165, 1.54) is 89.0 Å². The number of benzene rings is 12. The SMILES string of the molecule is c1ccc2c(c1)-c1ccccc1C21c2ccccc2-c2ccc(-c3cc(-c4cccc5cccnc45)nc(-c4ccc(-c5ccc(-c6nc(-c7ccc8c(c7)C7(c9ccccc9-c9ccccc97)c7ccccc7-8)cc(-c7cccc8cccnc78)n6)cc5)cc4)n3)cc21. The van der Waals surface area contributed by atoms with Gasteiger partial charge in [0.05, 0.1) is 44.6 Å². The molecule has 0 aliphatic heterocycles. The fraction of sp³-hybridized carbons (Fsp3) is 0.0227. The minimum absolute atomic E-state index is 0.491. The molecule has 4 heterocycles. The van der Waals surface area contributed by atoms with E-state index in [1.807, 2.05) is 24.5 Å². The summed E-state index contributed by atoms with van der Waals surface area (Å²) in [6, 6.07) is 110. The molecule has 0 atom stereocenters. The van der Waals surface area contributed by atoms with Gasteiger partial charge in [-0.3, -0.25) is 9.97 Å². The number of hydrogen-bond donors (Lipinski definition) is 0. The molecule has 434 valence electrons. The Hall–Kier alpha value is -12.4. The van der Waals surface area contributed by atoms with Crippen molar-refractivity contribution >= 4 is 21.8 Å². The maximum atomic E-state index is 5.49. The number of nitrogens with zero attached hydrogens (tertiary/aromatic N) is 6. The standard InChI is InChI=1S/C88H52N6/c1-7-29-71-61(21-1)62-22-2-8-30-72(62)87(71)75-33-11-5-25-65(75)67-45-43-59(49-77(67)87)79-51-81(69-27-13-17-55-19-15-47-89-83(55)69)93-85(91-79)57-39-35-53(36-40-57)54-37-41-58(42-38-54)86-92-80(52-82(94-86)70-28-14-18-56-20-16-48-90-84(56)70)60-44-46-68-66-26-6-12-34-76(66)88(78(68)50-60)73-31-9-3-23-63(73)64-24-4-10-32-74(64)88/h1-52H. The molecule has 6 nitrogen and oxygen atoms in total. The molecule has 4 aliphatic rings. The summed E-state index contributed by atoms with van der Waals surface area (Å²) in [5, 5.41) is 2.10. The second kappa shape index (κ2) is 20.1. The lowest BCUT2D eigenvalue weighted by Gasteiger charge is -2.30. The molecule has 4 aliphatic carbocycles. The summed E-state index contributed by atoms with van der Waals surface area (Å²) in [4.78, 5) is 31.6. The van der Waals surface area contributed by atoms with Crippen molar-refractivity contribution in [3.05, 3.63) is 360 Å². The van der Waals surface area contributed by atoms with Gasteiger partial charge in [-0.1, -0.05) is 267 Å². The predicted octanol–water partition coefficient (Wildman–Crippen LogP) is 20.7. The zero-order valence-corrected chi connectivity index (χ0v) is 50.7. The van der Waals surface area contributed by atoms with Crippen LogP contribution in [0.2, 0.25) is 0 Å². The summed E-state index contributed by atoms with van der Waals surface area (Å²) in [5.41, 5.74) is 32.4. The van der Waals surface area contributed by atoms with Crippen LogP contribution in [0.15, 0.2) is 316 Å². The van der Waals surface area contributed by atoms with Crippen LogP contribution >= 0.6 is 0 Å². The van der Waals surface area contributed by atoms with Crippen molar-refractivity contribution in [1.29, 1.82) is 0 Å². The Morgan fingerprint density at radius 3 is 0.819 bits per heavy atom. The Bertz CT molecular complexity index is 5390. The van der Waals surface area contributed by atoms with Crippen LogP contribution in [0.4, 0.5) is 0 Å². The molecule has 0 amide bonds. The molecule has 0 bridgehead atoms. The van der Waals surface area contributed by atoms with E-state index < -0.39 is 10.8 Å². The van der Waals surface area contributed by atoms with Crippen molar-refractivity contribution in [3.8, 4) is 123 Å². The maximum absolute atomic E-state index is 5.49. The highest BCUT2D eigenvalue weighted by Gasteiger charge is 2.53. The second-order valence-electron chi connectivity index (χ2n) is 25.1. The van der Waals surface area contributed by atoms with E-state index in [4.69, 9.17) is 29.9 Å². The van der Waals surface area contributed by atoms with E-state index in [0.29, 0.717) is 11.6 Å². The molecule has 20 rings (SSSR count). The van der Waals surface area contributed by atoms with Gasteiger partial charge in [0.15, 0.2) is 11.6 Å². The highest BCUT2D eigenvalue weighted by atomic mass is 14.9. The van der Waals surface area contributed by atoms with Crippen LogP contribution < -0.4 is 0 Å². The summed E-state index contributed by atoms with van der Waals surface area (Å²) in [6.07, 6.45) is 3.72. The first-order chi connectivity index (χ1) is 46.6. The van der Waals surface area contributed by atoms with Gasteiger partial charge >= 0.3 is 0 Å². The lowest BCUT2D eigenvalue weighted by Crippen LogP contribution is -2.25. The average Bonchev–Trinajstić information content (AvgIpc) is 1.52. The number of para-hydroxylation sites is 2. The Balaban J connectivity index is 0.688. The normalized spacial score (nSPS) is 13.5. The topological polar surface area (TPSA) is 77.3 Å². The molecule has 2 spiro atoms. The quantitative estimate of drug-likeness (QED) is 0.158. The van der Waals surface area contributed by atoms with Crippen LogP contribution in [0.5, 0.6) is 0 Å². The van der Waals surface area contributed by atoms with Gasteiger partial charge in [-0.05, 0) is 137 Å². The Labute approximate surface area is 543 Å². The van der Waals surface area contributed by atoms with Crippen molar-refractivity contribution in [3.63, 3.8) is 0 Å². The third kappa shape index (κ3) is 7.42. The van der Waals surface area contributed by atoms with Gasteiger partial charge < -0.3 is 0 Å². The lowest BCUT2D eigenvalue weighted by atomic mass is 9.70. The molecule has 0 unspecified atom stereocenters. The average molecular weight is 1190 g/mol. The van der Waals surface area contributed by atoms with Crippen LogP contribution in [-0.4, -0.2) is 29.9 Å². The van der Waals surface area contributed by atoms with E-state index in [-0.39, 0.29) is 0 Å². The predicted molar refractivity (Wildman–Crippen MR) is 379 cm³/mol. The van der Waals surface area contributed by atoms with E-state index >= 15 is 0 Å². The van der Waals surface area contributed by atoms with Gasteiger partial charge in [-0.15, -0.1) is 0 Å². The van der Waals surface area contributed by atoms with Crippen LogP contribution in [0, 0.1) is 0 Å². The highest BCUT2D eigenvalue weighted by molar-refractivity contribution is 6.00. The van der Waals surface area contributed by atoms with Crippen molar-refractivity contribution < 1.29 is 0 Å². The zero-order chi connectivity index (χ0) is 61.6. The minimum Gasteiger partial charge on any atom is -0.256 e. The molecule has 0 N–H and O–H groups in total. The summed E-state index contributed by atoms with van der Waals surface area (Å²) in [5.74, 6) is 1.26. The fourth-order valence-corrected chi connectivity index (χ4v) is 16.5. The Morgan fingerprint density at radius 1 is 0.191 bits per heavy atom. The number of rotatable bonds is 7. The molecule has 0 radical (unpaired) electrons. The fourth-order valence-electron chi connectivity index (χ4n) is 16.5. The monoisotopic (exact) mass is 1190 g/mol. The summed E-state index contributed by atoms with van der Waals surface area (Å²) < 4.78 is 0. The first-order valence-electron chi connectivity index (χ1n) is 32.1. The number of pyridine rings is 2. The van der Waals surface area contributed by atoms with Crippen LogP contribution in [0.3, 0.4) is 0 Å². The van der Waals surface area contributed by atoms with E-state index in [0.717, 1.165) is 89.1 Å². The first-order valence-corrected chi connectivity index (χ1v) is 32.1. The molecule has 16 aromatic rings. The largest absolute Gasteiger partial charge is 0.256 e. The van der Waals surface area contributed by atoms with Crippen molar-refractivity contribution in [2.75, 3.05) is 0 Å². The summed E-state index contributed by atoms with van der Waals surface area (Å²) >= 11 is 0. The van der Waals surface area contributed by atoms with Gasteiger partial charge in [-0.25, -0.2) is 19.9 Å². The Kier molecular flexibility index (Phi) is 11.2. The van der Waals surface area contributed by atoms with Gasteiger partial charge in [0.2, 0.25) is 0 Å². The van der Waals surface area contributed by atoms with Crippen LogP contribution in [0.1, 0.15) is 44.5 Å². The number of aromatic nitrogens is 6. The number of hydrogen-bond acceptors (Lipinski definition) is 6. The first kappa shape index (κ1) is 52.4. The lowest BCUT2D eigenvalue weighted by molar-refractivity contribution is 0.794. The van der Waals surface area contributed by atoms with Crippen molar-refractivity contribution in [2.24, 2.45) is 0 Å². The molecule has 12 aromatic carbocycles. The molecule has 6 heteroatoms.